The summed E-state index contributed by atoms with van der Waals surface area (Å²) in [6.07, 6.45) is -0.718. The Hall–Kier alpha value is -2.13. The van der Waals surface area contributed by atoms with Gasteiger partial charge in [0.2, 0.25) is 0 Å². The van der Waals surface area contributed by atoms with E-state index in [2.05, 4.69) is 5.32 Å². The summed E-state index contributed by atoms with van der Waals surface area (Å²) in [5, 5.41) is 13.1. The van der Waals surface area contributed by atoms with Crippen molar-refractivity contribution < 1.29 is 9.90 Å². The molecule has 0 radical (unpaired) electrons. The number of aliphatic hydroxyl groups excluding tert-OH is 1. The third kappa shape index (κ3) is 3.25. The number of rotatable bonds is 4. The van der Waals surface area contributed by atoms with Crippen molar-refractivity contribution in [3.05, 3.63) is 71.3 Å². The summed E-state index contributed by atoms with van der Waals surface area (Å²) in [7, 11) is 0. The number of amides is 1. The lowest BCUT2D eigenvalue weighted by Crippen LogP contribution is -2.37. The van der Waals surface area contributed by atoms with Gasteiger partial charge in [0.25, 0.3) is 5.91 Å². The zero-order valence-electron chi connectivity index (χ0n) is 11.7. The summed E-state index contributed by atoms with van der Waals surface area (Å²) < 4.78 is 0. The van der Waals surface area contributed by atoms with Gasteiger partial charge in [-0.05, 0) is 31.0 Å². The Kier molecular flexibility index (Phi) is 4.53. The second-order valence-electron chi connectivity index (χ2n) is 4.93. The highest BCUT2D eigenvalue weighted by atomic mass is 16.3. The topological polar surface area (TPSA) is 49.3 Å². The van der Waals surface area contributed by atoms with Gasteiger partial charge < -0.3 is 10.4 Å². The zero-order valence-corrected chi connectivity index (χ0v) is 11.7. The number of benzene rings is 2. The van der Waals surface area contributed by atoms with E-state index in [4.69, 9.17) is 0 Å². The van der Waals surface area contributed by atoms with Gasteiger partial charge in [0, 0.05) is 5.56 Å². The van der Waals surface area contributed by atoms with Gasteiger partial charge >= 0.3 is 0 Å². The highest BCUT2D eigenvalue weighted by Gasteiger charge is 2.19. The Morgan fingerprint density at radius 1 is 1.05 bits per heavy atom. The van der Waals surface area contributed by atoms with Gasteiger partial charge in [0.15, 0.2) is 0 Å². The second kappa shape index (κ2) is 6.35. The molecular weight excluding hydrogens is 250 g/mol. The first-order valence-electron chi connectivity index (χ1n) is 6.69. The smallest absolute Gasteiger partial charge is 0.251 e. The Labute approximate surface area is 119 Å². The molecule has 0 spiro atoms. The first-order chi connectivity index (χ1) is 9.59. The summed E-state index contributed by atoms with van der Waals surface area (Å²) in [6.45, 7) is 3.70. The predicted molar refractivity (Wildman–Crippen MR) is 79.5 cm³/mol. The van der Waals surface area contributed by atoms with Crippen molar-refractivity contribution in [2.75, 3.05) is 0 Å². The van der Waals surface area contributed by atoms with Crippen LogP contribution in [0.4, 0.5) is 0 Å². The van der Waals surface area contributed by atoms with Crippen LogP contribution in [0.2, 0.25) is 0 Å². The molecule has 2 atom stereocenters. The maximum Gasteiger partial charge on any atom is 0.251 e. The molecule has 1 amide bonds. The summed E-state index contributed by atoms with van der Waals surface area (Å²) in [5.41, 5.74) is 2.36. The fourth-order valence-corrected chi connectivity index (χ4v) is 2.13. The van der Waals surface area contributed by atoms with Crippen molar-refractivity contribution in [3.63, 3.8) is 0 Å². The van der Waals surface area contributed by atoms with Crippen LogP contribution in [0.25, 0.3) is 0 Å². The lowest BCUT2D eigenvalue weighted by atomic mass is 10.0. The van der Waals surface area contributed by atoms with E-state index in [-0.39, 0.29) is 11.9 Å². The predicted octanol–water partition coefficient (Wildman–Crippen LogP) is 2.85. The van der Waals surface area contributed by atoms with Crippen molar-refractivity contribution >= 4 is 5.91 Å². The largest absolute Gasteiger partial charge is 0.386 e. The van der Waals surface area contributed by atoms with Crippen LogP contribution in [0.3, 0.4) is 0 Å². The van der Waals surface area contributed by atoms with Gasteiger partial charge in [-0.1, -0.05) is 48.5 Å². The molecule has 0 bridgehead atoms. The normalized spacial score (nSPS) is 13.6. The fraction of sp³-hybridized carbons (Fsp3) is 0.235. The minimum atomic E-state index is -0.718. The molecular formula is C17H19NO2. The molecule has 3 nitrogen and oxygen atoms in total. The molecule has 0 aliphatic heterocycles. The van der Waals surface area contributed by atoms with E-state index >= 15 is 0 Å². The van der Waals surface area contributed by atoms with Crippen LogP contribution in [0.5, 0.6) is 0 Å². The molecule has 2 rings (SSSR count). The molecule has 3 heteroatoms. The monoisotopic (exact) mass is 269 g/mol. The van der Waals surface area contributed by atoms with Crippen molar-refractivity contribution in [1.82, 2.24) is 5.32 Å². The highest BCUT2D eigenvalue weighted by molar-refractivity contribution is 5.95. The van der Waals surface area contributed by atoms with Crippen LogP contribution in [0.15, 0.2) is 54.6 Å². The summed E-state index contributed by atoms with van der Waals surface area (Å²) in [5.74, 6) is -0.161. The van der Waals surface area contributed by atoms with Gasteiger partial charge in [-0.25, -0.2) is 0 Å². The fourth-order valence-electron chi connectivity index (χ4n) is 2.13. The molecule has 2 N–H and O–H groups in total. The van der Waals surface area contributed by atoms with Crippen molar-refractivity contribution in [3.8, 4) is 0 Å². The van der Waals surface area contributed by atoms with Gasteiger partial charge in [0.1, 0.15) is 0 Å². The molecule has 0 aliphatic rings. The SMILES string of the molecule is Cc1ccccc1C(=O)N[C@@H](C)[C@H](O)c1ccccc1. The third-order valence-electron chi connectivity index (χ3n) is 3.36. The summed E-state index contributed by atoms with van der Waals surface area (Å²) >= 11 is 0. The molecule has 0 saturated heterocycles. The van der Waals surface area contributed by atoms with Crippen LogP contribution in [0, 0.1) is 6.92 Å². The highest BCUT2D eigenvalue weighted by Crippen LogP contribution is 2.17. The number of carbonyl (C=O) groups is 1. The standard InChI is InChI=1S/C17H19NO2/c1-12-8-6-7-11-15(12)17(20)18-13(2)16(19)14-9-4-3-5-10-14/h3-11,13,16,19H,1-2H3,(H,18,20)/t13-,16-/m0/s1. The lowest BCUT2D eigenvalue weighted by Gasteiger charge is -2.21. The maximum atomic E-state index is 12.2. The number of aliphatic hydroxyl groups is 1. The Morgan fingerprint density at radius 3 is 2.30 bits per heavy atom. The molecule has 104 valence electrons. The van der Waals surface area contributed by atoms with Crippen molar-refractivity contribution in [1.29, 1.82) is 0 Å². The zero-order chi connectivity index (χ0) is 14.5. The van der Waals surface area contributed by atoms with Crippen LogP contribution in [-0.2, 0) is 0 Å². The second-order valence-corrected chi connectivity index (χ2v) is 4.93. The third-order valence-corrected chi connectivity index (χ3v) is 3.36. The maximum absolute atomic E-state index is 12.2. The Balaban J connectivity index is 2.07. The van der Waals surface area contributed by atoms with Crippen LogP contribution in [-0.4, -0.2) is 17.1 Å². The van der Waals surface area contributed by atoms with E-state index in [0.29, 0.717) is 5.56 Å². The summed E-state index contributed by atoms with van der Waals surface area (Å²) in [6, 6.07) is 16.4. The van der Waals surface area contributed by atoms with E-state index in [1.54, 1.807) is 13.0 Å². The first kappa shape index (κ1) is 14.3. The van der Waals surface area contributed by atoms with Crippen LogP contribution < -0.4 is 5.32 Å². The van der Waals surface area contributed by atoms with Crippen molar-refractivity contribution in [2.45, 2.75) is 26.0 Å². The number of aryl methyl sites for hydroxylation is 1. The van der Waals surface area contributed by atoms with E-state index in [1.165, 1.54) is 0 Å². The molecule has 0 heterocycles. The lowest BCUT2D eigenvalue weighted by molar-refractivity contribution is 0.0851. The molecule has 0 aromatic heterocycles. The van der Waals surface area contributed by atoms with Gasteiger partial charge in [-0.15, -0.1) is 0 Å². The van der Waals surface area contributed by atoms with E-state index in [9.17, 15) is 9.90 Å². The van der Waals surface area contributed by atoms with Gasteiger partial charge in [-0.3, -0.25) is 4.79 Å². The van der Waals surface area contributed by atoms with Crippen LogP contribution >= 0.6 is 0 Å². The number of carbonyl (C=O) groups excluding carboxylic acids is 1. The number of nitrogens with one attached hydrogen (secondary N) is 1. The Morgan fingerprint density at radius 2 is 1.65 bits per heavy atom. The van der Waals surface area contributed by atoms with Crippen LogP contribution in [0.1, 0.15) is 34.5 Å². The minimum Gasteiger partial charge on any atom is -0.386 e. The quantitative estimate of drug-likeness (QED) is 0.896. The summed E-state index contributed by atoms with van der Waals surface area (Å²) in [4.78, 5) is 12.2. The van der Waals surface area contributed by atoms with Crippen molar-refractivity contribution in [2.24, 2.45) is 0 Å². The molecule has 0 saturated carbocycles. The minimum absolute atomic E-state index is 0.161. The Bertz CT molecular complexity index is 581. The van der Waals surface area contributed by atoms with E-state index in [1.807, 2.05) is 55.5 Å². The number of hydrogen-bond donors (Lipinski definition) is 2. The molecule has 0 aliphatic carbocycles. The number of hydrogen-bond acceptors (Lipinski definition) is 2. The van der Waals surface area contributed by atoms with E-state index in [0.717, 1.165) is 11.1 Å². The molecule has 0 unspecified atom stereocenters. The molecule has 0 fully saturated rings. The van der Waals surface area contributed by atoms with E-state index < -0.39 is 6.10 Å². The van der Waals surface area contributed by atoms with Gasteiger partial charge in [0.05, 0.1) is 12.1 Å². The average Bonchev–Trinajstić information content (AvgIpc) is 2.47. The average molecular weight is 269 g/mol. The molecule has 20 heavy (non-hydrogen) atoms. The molecule has 2 aromatic carbocycles. The first-order valence-corrected chi connectivity index (χ1v) is 6.69. The molecule has 2 aromatic rings. The van der Waals surface area contributed by atoms with Gasteiger partial charge in [-0.2, -0.15) is 0 Å².